The minimum absolute atomic E-state index is 0.0545. The van der Waals surface area contributed by atoms with E-state index in [0.717, 1.165) is 32.4 Å². The van der Waals surface area contributed by atoms with Crippen molar-refractivity contribution in [2.45, 2.75) is 73.6 Å². The van der Waals surface area contributed by atoms with E-state index in [0.29, 0.717) is 18.3 Å². The standard InChI is InChI=1S/C21H38N2O3/c1-7-17(6)18-14-20(25)23(21(18)26)13-10-19(24)22(11-8-15(2)3)12-9-16(4)5/h15-18H,7-14H2,1-6H3. The molecule has 1 aliphatic heterocycles. The van der Waals surface area contributed by atoms with Crippen molar-refractivity contribution in [3.63, 3.8) is 0 Å². The molecule has 0 spiro atoms. The lowest BCUT2D eigenvalue weighted by Gasteiger charge is -2.25. The summed E-state index contributed by atoms with van der Waals surface area (Å²) in [4.78, 5) is 40.6. The fourth-order valence-electron chi connectivity index (χ4n) is 3.23. The Morgan fingerprint density at radius 3 is 2.08 bits per heavy atom. The van der Waals surface area contributed by atoms with E-state index in [1.807, 2.05) is 18.7 Å². The van der Waals surface area contributed by atoms with E-state index in [9.17, 15) is 14.4 Å². The highest BCUT2D eigenvalue weighted by Crippen LogP contribution is 2.28. The van der Waals surface area contributed by atoms with Gasteiger partial charge in [-0.25, -0.2) is 0 Å². The molecule has 0 saturated carbocycles. The number of imide groups is 1. The molecule has 0 radical (unpaired) electrons. The number of carbonyl (C=O) groups is 3. The van der Waals surface area contributed by atoms with Crippen molar-refractivity contribution >= 4 is 17.7 Å². The highest BCUT2D eigenvalue weighted by molar-refractivity contribution is 6.03. The van der Waals surface area contributed by atoms with Crippen LogP contribution in [0.4, 0.5) is 0 Å². The van der Waals surface area contributed by atoms with Gasteiger partial charge in [0.05, 0.1) is 0 Å². The number of carbonyl (C=O) groups excluding carboxylic acids is 3. The molecule has 1 heterocycles. The van der Waals surface area contributed by atoms with Crippen molar-refractivity contribution in [1.29, 1.82) is 0 Å². The molecule has 1 rings (SSSR count). The lowest BCUT2D eigenvalue weighted by molar-refractivity contribution is -0.140. The van der Waals surface area contributed by atoms with Gasteiger partial charge in [0.15, 0.2) is 0 Å². The minimum atomic E-state index is -0.208. The molecule has 5 heteroatoms. The van der Waals surface area contributed by atoms with Gasteiger partial charge in [0.25, 0.3) is 0 Å². The molecule has 0 aliphatic carbocycles. The van der Waals surface area contributed by atoms with Crippen molar-refractivity contribution in [2.24, 2.45) is 23.7 Å². The quantitative estimate of drug-likeness (QED) is 0.524. The maximum atomic E-state index is 12.7. The molecule has 2 unspecified atom stereocenters. The molecule has 0 aromatic rings. The number of amides is 3. The number of likely N-dealkylation sites (tertiary alicyclic amines) is 1. The molecular formula is C21H38N2O3. The molecule has 5 nitrogen and oxygen atoms in total. The predicted molar refractivity (Wildman–Crippen MR) is 104 cm³/mol. The number of rotatable bonds is 11. The van der Waals surface area contributed by atoms with Crippen LogP contribution in [0.1, 0.15) is 73.6 Å². The Morgan fingerprint density at radius 1 is 1.08 bits per heavy atom. The highest BCUT2D eigenvalue weighted by atomic mass is 16.2. The molecule has 1 aliphatic rings. The summed E-state index contributed by atoms with van der Waals surface area (Å²) in [6, 6.07) is 0. The number of hydrogen-bond acceptors (Lipinski definition) is 3. The van der Waals surface area contributed by atoms with E-state index < -0.39 is 0 Å². The molecular weight excluding hydrogens is 328 g/mol. The Labute approximate surface area is 159 Å². The number of hydrogen-bond donors (Lipinski definition) is 0. The molecule has 1 fully saturated rings. The minimum Gasteiger partial charge on any atom is -0.343 e. The zero-order valence-electron chi connectivity index (χ0n) is 17.6. The second-order valence-corrected chi connectivity index (χ2v) is 8.58. The van der Waals surface area contributed by atoms with Crippen LogP contribution in [0.15, 0.2) is 0 Å². The SMILES string of the molecule is CCC(C)C1CC(=O)N(CCC(=O)N(CCC(C)C)CCC(C)C)C1=O. The summed E-state index contributed by atoms with van der Waals surface area (Å²) in [5.74, 6) is 0.932. The van der Waals surface area contributed by atoms with Gasteiger partial charge in [-0.1, -0.05) is 48.0 Å². The second kappa shape index (κ2) is 10.7. The Bertz CT molecular complexity index is 476. The van der Waals surface area contributed by atoms with E-state index in [-0.39, 0.29) is 42.5 Å². The van der Waals surface area contributed by atoms with Crippen molar-refractivity contribution < 1.29 is 14.4 Å². The van der Waals surface area contributed by atoms with Gasteiger partial charge in [0, 0.05) is 38.4 Å². The normalized spacial score (nSPS) is 18.9. The van der Waals surface area contributed by atoms with Crippen LogP contribution in [0.5, 0.6) is 0 Å². The topological polar surface area (TPSA) is 57.7 Å². The Balaban J connectivity index is 2.62. The van der Waals surface area contributed by atoms with Crippen molar-refractivity contribution in [3.8, 4) is 0 Å². The summed E-state index contributed by atoms with van der Waals surface area (Å²) < 4.78 is 0. The Kier molecular flexibility index (Phi) is 9.31. The molecule has 0 aromatic carbocycles. The van der Waals surface area contributed by atoms with Crippen molar-refractivity contribution in [2.75, 3.05) is 19.6 Å². The maximum Gasteiger partial charge on any atom is 0.233 e. The third-order valence-electron chi connectivity index (χ3n) is 5.46. The third kappa shape index (κ3) is 6.73. The van der Waals surface area contributed by atoms with Crippen LogP contribution in [-0.4, -0.2) is 47.2 Å². The molecule has 150 valence electrons. The first-order valence-corrected chi connectivity index (χ1v) is 10.3. The zero-order valence-corrected chi connectivity index (χ0v) is 17.6. The first kappa shape index (κ1) is 22.7. The number of nitrogens with zero attached hydrogens (tertiary/aromatic N) is 2. The van der Waals surface area contributed by atoms with Crippen LogP contribution in [0, 0.1) is 23.7 Å². The third-order valence-corrected chi connectivity index (χ3v) is 5.46. The summed E-state index contributed by atoms with van der Waals surface area (Å²) in [7, 11) is 0. The van der Waals surface area contributed by atoms with Gasteiger partial charge < -0.3 is 4.90 Å². The average Bonchev–Trinajstić information content (AvgIpc) is 2.85. The van der Waals surface area contributed by atoms with Gasteiger partial charge in [-0.2, -0.15) is 0 Å². The lowest BCUT2D eigenvalue weighted by atomic mass is 9.90. The average molecular weight is 367 g/mol. The monoisotopic (exact) mass is 366 g/mol. The summed E-state index contributed by atoms with van der Waals surface area (Å²) >= 11 is 0. The van der Waals surface area contributed by atoms with Gasteiger partial charge in [0.2, 0.25) is 17.7 Å². The highest BCUT2D eigenvalue weighted by Gasteiger charge is 2.40. The smallest absolute Gasteiger partial charge is 0.233 e. The van der Waals surface area contributed by atoms with E-state index in [1.54, 1.807) is 0 Å². The molecule has 0 aromatic heterocycles. The molecule has 0 N–H and O–H groups in total. The fraction of sp³-hybridized carbons (Fsp3) is 0.857. The molecule has 0 bridgehead atoms. The van der Waals surface area contributed by atoms with E-state index in [1.165, 1.54) is 4.90 Å². The van der Waals surface area contributed by atoms with Crippen molar-refractivity contribution in [3.05, 3.63) is 0 Å². The van der Waals surface area contributed by atoms with E-state index >= 15 is 0 Å². The first-order valence-electron chi connectivity index (χ1n) is 10.3. The van der Waals surface area contributed by atoms with Gasteiger partial charge in [-0.05, 0) is 30.6 Å². The van der Waals surface area contributed by atoms with Crippen LogP contribution in [-0.2, 0) is 14.4 Å². The van der Waals surface area contributed by atoms with Gasteiger partial charge in [0.1, 0.15) is 0 Å². The van der Waals surface area contributed by atoms with Crippen LogP contribution < -0.4 is 0 Å². The van der Waals surface area contributed by atoms with Gasteiger partial charge in [-0.3, -0.25) is 19.3 Å². The second-order valence-electron chi connectivity index (χ2n) is 8.58. The Hall–Kier alpha value is -1.39. The molecule has 2 atom stereocenters. The summed E-state index contributed by atoms with van der Waals surface area (Å²) in [6.45, 7) is 14.4. The van der Waals surface area contributed by atoms with Crippen LogP contribution in [0.3, 0.4) is 0 Å². The van der Waals surface area contributed by atoms with E-state index in [4.69, 9.17) is 0 Å². The zero-order chi connectivity index (χ0) is 19.9. The van der Waals surface area contributed by atoms with Gasteiger partial charge in [-0.15, -0.1) is 0 Å². The predicted octanol–water partition coefficient (Wildman–Crippen LogP) is 3.72. The van der Waals surface area contributed by atoms with E-state index in [2.05, 4.69) is 27.7 Å². The molecule has 3 amide bonds. The van der Waals surface area contributed by atoms with Crippen LogP contribution >= 0.6 is 0 Å². The Morgan fingerprint density at radius 2 is 1.62 bits per heavy atom. The largest absolute Gasteiger partial charge is 0.343 e. The summed E-state index contributed by atoms with van der Waals surface area (Å²) in [5, 5.41) is 0. The molecule has 1 saturated heterocycles. The summed E-state index contributed by atoms with van der Waals surface area (Å²) in [6.07, 6.45) is 3.37. The first-order chi connectivity index (χ1) is 12.2. The molecule has 26 heavy (non-hydrogen) atoms. The summed E-state index contributed by atoms with van der Waals surface area (Å²) in [5.41, 5.74) is 0. The maximum absolute atomic E-state index is 12.7. The lowest BCUT2D eigenvalue weighted by Crippen LogP contribution is -2.38. The van der Waals surface area contributed by atoms with Crippen LogP contribution in [0.25, 0.3) is 0 Å². The van der Waals surface area contributed by atoms with Crippen molar-refractivity contribution in [1.82, 2.24) is 9.80 Å². The van der Waals surface area contributed by atoms with Gasteiger partial charge >= 0.3 is 0 Å². The fourth-order valence-corrected chi connectivity index (χ4v) is 3.23. The van der Waals surface area contributed by atoms with Crippen LogP contribution in [0.2, 0.25) is 0 Å².